The van der Waals surface area contributed by atoms with E-state index in [1.165, 1.54) is 30.0 Å². The van der Waals surface area contributed by atoms with Crippen molar-refractivity contribution < 1.29 is 19.2 Å². The largest absolute Gasteiger partial charge is 0.348 e. The number of amides is 5. The fourth-order valence-electron chi connectivity index (χ4n) is 3.52. The highest BCUT2D eigenvalue weighted by Crippen LogP contribution is 2.24. The Morgan fingerprint density at radius 2 is 1.81 bits per heavy atom. The van der Waals surface area contributed by atoms with E-state index in [4.69, 9.17) is 0 Å². The lowest BCUT2D eigenvalue weighted by Crippen LogP contribution is -2.42. The summed E-state index contributed by atoms with van der Waals surface area (Å²) in [5, 5.41) is 2.80. The molecule has 142 valence electrons. The fraction of sp³-hybridized carbons (Fsp3) is 0.400. The van der Waals surface area contributed by atoms with Gasteiger partial charge in [-0.05, 0) is 49.3 Å². The summed E-state index contributed by atoms with van der Waals surface area (Å²) >= 11 is 0. The molecule has 7 heteroatoms. The van der Waals surface area contributed by atoms with Crippen LogP contribution in [0.3, 0.4) is 0 Å². The third kappa shape index (κ3) is 3.77. The summed E-state index contributed by atoms with van der Waals surface area (Å²) in [6.07, 6.45) is 5.86. The second-order valence-corrected chi connectivity index (χ2v) is 6.90. The SMILES string of the molecule is C=CCN1C(=O)C(=O)N(CC(=O)N[C@@H](C)c2ccc3c(c2)CCCC3)C1=O. The molecular formula is C20H23N3O4. The molecule has 1 N–H and O–H groups in total. The molecule has 1 aromatic carbocycles. The summed E-state index contributed by atoms with van der Waals surface area (Å²) in [4.78, 5) is 49.7. The summed E-state index contributed by atoms with van der Waals surface area (Å²) in [7, 11) is 0. The van der Waals surface area contributed by atoms with Gasteiger partial charge in [-0.25, -0.2) is 9.69 Å². The Labute approximate surface area is 158 Å². The molecule has 2 aliphatic rings. The molecule has 0 saturated carbocycles. The van der Waals surface area contributed by atoms with E-state index in [9.17, 15) is 19.2 Å². The minimum Gasteiger partial charge on any atom is -0.348 e. The second kappa shape index (κ2) is 7.73. The number of imide groups is 2. The molecule has 3 rings (SSSR count). The predicted molar refractivity (Wildman–Crippen MR) is 98.7 cm³/mol. The van der Waals surface area contributed by atoms with Crippen LogP contribution in [0.25, 0.3) is 0 Å². The van der Waals surface area contributed by atoms with Crippen LogP contribution >= 0.6 is 0 Å². The van der Waals surface area contributed by atoms with Gasteiger partial charge in [-0.3, -0.25) is 19.3 Å². The number of hydrogen-bond donors (Lipinski definition) is 1. The van der Waals surface area contributed by atoms with E-state index in [-0.39, 0.29) is 12.6 Å². The van der Waals surface area contributed by atoms with E-state index >= 15 is 0 Å². The van der Waals surface area contributed by atoms with Crippen LogP contribution in [-0.2, 0) is 27.2 Å². The first-order chi connectivity index (χ1) is 12.9. The number of nitrogens with one attached hydrogen (secondary N) is 1. The Morgan fingerprint density at radius 1 is 1.15 bits per heavy atom. The van der Waals surface area contributed by atoms with Crippen molar-refractivity contribution in [2.75, 3.05) is 13.1 Å². The van der Waals surface area contributed by atoms with Gasteiger partial charge in [-0.1, -0.05) is 24.3 Å². The van der Waals surface area contributed by atoms with Crippen LogP contribution in [0.2, 0.25) is 0 Å². The zero-order chi connectivity index (χ0) is 19.6. The van der Waals surface area contributed by atoms with Crippen molar-refractivity contribution in [1.29, 1.82) is 0 Å². The first-order valence-corrected chi connectivity index (χ1v) is 9.11. The molecule has 1 aliphatic carbocycles. The average molecular weight is 369 g/mol. The molecule has 1 saturated heterocycles. The number of carbonyl (C=O) groups excluding carboxylic acids is 4. The zero-order valence-electron chi connectivity index (χ0n) is 15.4. The molecule has 1 aliphatic heterocycles. The second-order valence-electron chi connectivity index (χ2n) is 6.90. The molecule has 0 aromatic heterocycles. The molecule has 1 aromatic rings. The van der Waals surface area contributed by atoms with Crippen molar-refractivity contribution in [1.82, 2.24) is 15.1 Å². The summed E-state index contributed by atoms with van der Waals surface area (Å²) < 4.78 is 0. The Kier molecular flexibility index (Phi) is 5.39. The number of benzene rings is 1. The minimum atomic E-state index is -0.988. The van der Waals surface area contributed by atoms with Gasteiger partial charge in [-0.2, -0.15) is 0 Å². The minimum absolute atomic E-state index is 0.0624. The van der Waals surface area contributed by atoms with Crippen LogP contribution in [0.5, 0.6) is 0 Å². The Balaban J connectivity index is 1.63. The van der Waals surface area contributed by atoms with Crippen molar-refractivity contribution in [2.24, 2.45) is 0 Å². The molecular weight excluding hydrogens is 346 g/mol. The van der Waals surface area contributed by atoms with Crippen LogP contribution in [0.15, 0.2) is 30.9 Å². The normalized spacial score (nSPS) is 17.7. The van der Waals surface area contributed by atoms with Crippen molar-refractivity contribution in [3.8, 4) is 0 Å². The van der Waals surface area contributed by atoms with Gasteiger partial charge >= 0.3 is 17.8 Å². The van der Waals surface area contributed by atoms with Crippen molar-refractivity contribution in [3.05, 3.63) is 47.5 Å². The van der Waals surface area contributed by atoms with Crippen LogP contribution in [0, 0.1) is 0 Å². The average Bonchev–Trinajstić information content (AvgIpc) is 2.86. The molecule has 27 heavy (non-hydrogen) atoms. The maximum Gasteiger partial charge on any atom is 0.335 e. The van der Waals surface area contributed by atoms with E-state index in [1.807, 2.05) is 13.0 Å². The summed E-state index contributed by atoms with van der Waals surface area (Å²) in [6, 6.07) is 5.16. The first-order valence-electron chi connectivity index (χ1n) is 9.11. The van der Waals surface area contributed by atoms with Gasteiger partial charge in [0.05, 0.1) is 6.04 Å². The van der Waals surface area contributed by atoms with Gasteiger partial charge in [0.25, 0.3) is 0 Å². The van der Waals surface area contributed by atoms with Crippen LogP contribution in [-0.4, -0.2) is 46.6 Å². The van der Waals surface area contributed by atoms with Crippen molar-refractivity contribution >= 4 is 23.8 Å². The van der Waals surface area contributed by atoms with E-state index in [0.717, 1.165) is 23.3 Å². The van der Waals surface area contributed by atoms with Crippen LogP contribution in [0.1, 0.15) is 42.5 Å². The predicted octanol–water partition coefficient (Wildman–Crippen LogP) is 1.72. The number of carbonyl (C=O) groups is 4. The Bertz CT molecular complexity index is 817. The molecule has 1 atom stereocenters. The maximum atomic E-state index is 12.3. The highest BCUT2D eigenvalue weighted by Gasteiger charge is 2.44. The number of rotatable bonds is 6. The lowest BCUT2D eigenvalue weighted by Gasteiger charge is -2.21. The van der Waals surface area contributed by atoms with Crippen LogP contribution < -0.4 is 5.32 Å². The van der Waals surface area contributed by atoms with Gasteiger partial charge in [0.1, 0.15) is 6.54 Å². The smallest absolute Gasteiger partial charge is 0.335 e. The third-order valence-electron chi connectivity index (χ3n) is 5.00. The number of fused-ring (bicyclic) bond motifs is 1. The summed E-state index contributed by atoms with van der Waals surface area (Å²) in [5.41, 5.74) is 3.65. The molecule has 1 heterocycles. The molecule has 1 fully saturated rings. The number of nitrogens with zero attached hydrogens (tertiary/aromatic N) is 2. The van der Waals surface area contributed by atoms with Gasteiger partial charge in [0.15, 0.2) is 0 Å². The maximum absolute atomic E-state index is 12.3. The molecule has 0 spiro atoms. The molecule has 0 unspecified atom stereocenters. The quantitative estimate of drug-likeness (QED) is 0.470. The van der Waals surface area contributed by atoms with Crippen LogP contribution in [0.4, 0.5) is 4.79 Å². The highest BCUT2D eigenvalue weighted by atomic mass is 16.2. The Morgan fingerprint density at radius 3 is 2.52 bits per heavy atom. The van der Waals surface area contributed by atoms with E-state index < -0.39 is 30.3 Å². The first kappa shape index (κ1) is 18.8. The molecule has 0 bridgehead atoms. The molecule has 7 nitrogen and oxygen atoms in total. The van der Waals surface area contributed by atoms with Gasteiger partial charge in [0.2, 0.25) is 5.91 Å². The van der Waals surface area contributed by atoms with Crippen molar-refractivity contribution in [2.45, 2.75) is 38.6 Å². The van der Waals surface area contributed by atoms with E-state index in [0.29, 0.717) is 4.90 Å². The number of urea groups is 1. The zero-order valence-corrected chi connectivity index (χ0v) is 15.4. The van der Waals surface area contributed by atoms with Gasteiger partial charge in [0, 0.05) is 6.54 Å². The van der Waals surface area contributed by atoms with Gasteiger partial charge in [-0.15, -0.1) is 6.58 Å². The molecule has 5 amide bonds. The third-order valence-corrected chi connectivity index (χ3v) is 5.00. The molecule has 0 radical (unpaired) electrons. The number of aryl methyl sites for hydroxylation is 2. The monoisotopic (exact) mass is 369 g/mol. The topological polar surface area (TPSA) is 86.8 Å². The lowest BCUT2D eigenvalue weighted by atomic mass is 9.89. The van der Waals surface area contributed by atoms with Crippen molar-refractivity contribution in [3.63, 3.8) is 0 Å². The number of hydrogen-bond acceptors (Lipinski definition) is 4. The summed E-state index contributed by atoms with van der Waals surface area (Å²) in [5.74, 6) is -2.41. The van der Waals surface area contributed by atoms with Gasteiger partial charge < -0.3 is 5.32 Å². The lowest BCUT2D eigenvalue weighted by molar-refractivity contribution is -0.143. The Hall–Kier alpha value is -2.96. The van der Waals surface area contributed by atoms with E-state index in [1.54, 1.807) is 0 Å². The van der Waals surface area contributed by atoms with E-state index in [2.05, 4.69) is 24.0 Å². The highest BCUT2D eigenvalue weighted by molar-refractivity contribution is 6.45. The fourth-order valence-corrected chi connectivity index (χ4v) is 3.52. The standard InChI is InChI=1S/C20H23N3O4/c1-3-10-22-18(25)19(26)23(20(22)27)12-17(24)21-13(2)15-9-8-14-6-4-5-7-16(14)11-15/h3,8-9,11,13H,1,4-7,10,12H2,2H3,(H,21,24)/t13-/m0/s1. The summed E-state index contributed by atoms with van der Waals surface area (Å²) in [6.45, 7) is 4.76.